The summed E-state index contributed by atoms with van der Waals surface area (Å²) >= 11 is 0. The van der Waals surface area contributed by atoms with Crippen LogP contribution in [0.5, 0.6) is 0 Å². The predicted molar refractivity (Wildman–Crippen MR) is 81.9 cm³/mol. The van der Waals surface area contributed by atoms with E-state index in [1.807, 2.05) is 4.90 Å². The van der Waals surface area contributed by atoms with Crippen molar-refractivity contribution in [3.8, 4) is 0 Å². The second-order valence-corrected chi connectivity index (χ2v) is 6.29. The van der Waals surface area contributed by atoms with Crippen LogP contribution >= 0.6 is 0 Å². The number of nitrogens with zero attached hydrogens (tertiary/aromatic N) is 1. The van der Waals surface area contributed by atoms with E-state index in [1.54, 1.807) is 6.92 Å². The van der Waals surface area contributed by atoms with Crippen LogP contribution < -0.4 is 0 Å². The Hall–Kier alpha value is -1.05. The van der Waals surface area contributed by atoms with E-state index in [-0.39, 0.29) is 5.91 Å². The number of carbonyl (C=O) groups is 1. The highest BCUT2D eigenvalue weighted by atomic mass is 16.2. The minimum atomic E-state index is 0.178. The van der Waals surface area contributed by atoms with Crippen LogP contribution in [0.15, 0.2) is 23.3 Å². The Morgan fingerprint density at radius 1 is 1.47 bits per heavy atom. The average molecular weight is 263 g/mol. The van der Waals surface area contributed by atoms with Crippen molar-refractivity contribution in [2.75, 3.05) is 13.1 Å². The van der Waals surface area contributed by atoms with Crippen molar-refractivity contribution < 1.29 is 4.79 Å². The fourth-order valence-electron chi connectivity index (χ4n) is 2.57. The maximum Gasteiger partial charge on any atom is 0.219 e. The predicted octanol–water partition coefficient (Wildman–Crippen LogP) is 4.18. The summed E-state index contributed by atoms with van der Waals surface area (Å²) in [5.41, 5.74) is 2.97. The first-order chi connectivity index (χ1) is 8.90. The van der Waals surface area contributed by atoms with E-state index in [0.29, 0.717) is 11.8 Å². The molecule has 0 saturated heterocycles. The molecule has 0 aliphatic heterocycles. The number of amides is 1. The van der Waals surface area contributed by atoms with Crippen LogP contribution in [0.4, 0.5) is 0 Å². The standard InChI is InChI=1S/C17H29NO/c1-13(2)12-18(16(5)19)11-10-15(4)17-8-6-14(3)7-9-17/h6,10,13,17H,7-9,11-12H2,1-5H3/b15-10-. The molecule has 2 heteroatoms. The van der Waals surface area contributed by atoms with Crippen LogP contribution in [0.2, 0.25) is 0 Å². The Balaban J connectivity index is 2.55. The zero-order chi connectivity index (χ0) is 14.4. The van der Waals surface area contributed by atoms with Crippen LogP contribution in [0.25, 0.3) is 0 Å². The van der Waals surface area contributed by atoms with Crippen molar-refractivity contribution >= 4 is 5.91 Å². The minimum Gasteiger partial charge on any atom is -0.339 e. The van der Waals surface area contributed by atoms with Gasteiger partial charge in [0.15, 0.2) is 0 Å². The zero-order valence-corrected chi connectivity index (χ0v) is 13.2. The first-order valence-electron chi connectivity index (χ1n) is 7.48. The number of rotatable bonds is 5. The first-order valence-corrected chi connectivity index (χ1v) is 7.48. The van der Waals surface area contributed by atoms with Crippen LogP contribution in [0, 0.1) is 11.8 Å². The monoisotopic (exact) mass is 263 g/mol. The number of hydrogen-bond donors (Lipinski definition) is 0. The van der Waals surface area contributed by atoms with Gasteiger partial charge in [-0.25, -0.2) is 0 Å². The van der Waals surface area contributed by atoms with Gasteiger partial charge < -0.3 is 4.90 Å². The highest BCUT2D eigenvalue weighted by Gasteiger charge is 2.15. The summed E-state index contributed by atoms with van der Waals surface area (Å²) < 4.78 is 0. The van der Waals surface area contributed by atoms with E-state index >= 15 is 0 Å². The minimum absolute atomic E-state index is 0.178. The molecule has 1 unspecified atom stereocenters. The molecule has 1 aliphatic rings. The normalized spacial score (nSPS) is 20.4. The highest BCUT2D eigenvalue weighted by molar-refractivity contribution is 5.73. The molecule has 1 aliphatic carbocycles. The molecule has 0 radical (unpaired) electrons. The lowest BCUT2D eigenvalue weighted by Gasteiger charge is -2.24. The Bertz CT molecular complexity index is 365. The van der Waals surface area contributed by atoms with Crippen molar-refractivity contribution in [3.05, 3.63) is 23.3 Å². The Kier molecular flexibility index (Phi) is 6.33. The summed E-state index contributed by atoms with van der Waals surface area (Å²) in [6.07, 6.45) is 8.26. The molecule has 0 bridgehead atoms. The van der Waals surface area contributed by atoms with E-state index in [2.05, 4.69) is 39.8 Å². The van der Waals surface area contributed by atoms with Gasteiger partial charge in [0.2, 0.25) is 5.91 Å². The SMILES string of the molecule is CC(=O)N(C/C=C(/C)C1CC=C(C)CC1)CC(C)C. The van der Waals surface area contributed by atoms with E-state index < -0.39 is 0 Å². The maximum atomic E-state index is 11.6. The van der Waals surface area contributed by atoms with Crippen molar-refractivity contribution in [2.45, 2.75) is 53.9 Å². The molecule has 0 saturated carbocycles. The molecule has 1 atom stereocenters. The summed E-state index contributed by atoms with van der Waals surface area (Å²) in [6, 6.07) is 0. The molecular formula is C17H29NO. The second-order valence-electron chi connectivity index (χ2n) is 6.29. The lowest BCUT2D eigenvalue weighted by atomic mass is 9.85. The van der Waals surface area contributed by atoms with Gasteiger partial charge in [0.25, 0.3) is 0 Å². The number of carbonyl (C=O) groups excluding carboxylic acids is 1. The summed E-state index contributed by atoms with van der Waals surface area (Å²) in [5, 5.41) is 0. The van der Waals surface area contributed by atoms with Crippen LogP contribution in [-0.2, 0) is 4.79 Å². The van der Waals surface area contributed by atoms with Crippen molar-refractivity contribution in [2.24, 2.45) is 11.8 Å². The Morgan fingerprint density at radius 2 is 2.16 bits per heavy atom. The third-order valence-electron chi connectivity index (χ3n) is 3.95. The summed E-state index contributed by atoms with van der Waals surface area (Å²) in [5.74, 6) is 1.38. The van der Waals surface area contributed by atoms with Gasteiger partial charge in [-0.15, -0.1) is 0 Å². The van der Waals surface area contributed by atoms with E-state index in [0.717, 1.165) is 13.1 Å². The lowest BCUT2D eigenvalue weighted by Crippen LogP contribution is -2.32. The van der Waals surface area contributed by atoms with Gasteiger partial charge >= 0.3 is 0 Å². The molecule has 0 heterocycles. The molecule has 0 fully saturated rings. The molecule has 0 N–H and O–H groups in total. The van der Waals surface area contributed by atoms with Crippen LogP contribution in [-0.4, -0.2) is 23.9 Å². The van der Waals surface area contributed by atoms with E-state index in [1.165, 1.54) is 30.4 Å². The van der Waals surface area contributed by atoms with Gasteiger partial charge in [0.05, 0.1) is 0 Å². The van der Waals surface area contributed by atoms with Crippen molar-refractivity contribution in [1.82, 2.24) is 4.90 Å². The summed E-state index contributed by atoms with van der Waals surface area (Å²) in [6.45, 7) is 12.0. The topological polar surface area (TPSA) is 20.3 Å². The number of allylic oxidation sites excluding steroid dienone is 3. The number of hydrogen-bond acceptors (Lipinski definition) is 1. The second kappa shape index (κ2) is 7.52. The summed E-state index contributed by atoms with van der Waals surface area (Å²) in [4.78, 5) is 13.5. The van der Waals surface area contributed by atoms with Gasteiger partial charge in [-0.1, -0.05) is 37.1 Å². The molecule has 0 aromatic heterocycles. The van der Waals surface area contributed by atoms with Gasteiger partial charge in [-0.2, -0.15) is 0 Å². The molecule has 1 amide bonds. The largest absolute Gasteiger partial charge is 0.339 e. The Morgan fingerprint density at radius 3 is 2.63 bits per heavy atom. The molecular weight excluding hydrogens is 234 g/mol. The van der Waals surface area contributed by atoms with Gasteiger partial charge in [0.1, 0.15) is 0 Å². The molecule has 19 heavy (non-hydrogen) atoms. The van der Waals surface area contributed by atoms with Gasteiger partial charge in [-0.05, 0) is 44.9 Å². The molecule has 1 rings (SSSR count). The summed E-state index contributed by atoms with van der Waals surface area (Å²) in [7, 11) is 0. The molecule has 0 spiro atoms. The average Bonchev–Trinajstić information content (AvgIpc) is 2.34. The fraction of sp³-hybridized carbons (Fsp3) is 0.706. The molecule has 2 nitrogen and oxygen atoms in total. The smallest absolute Gasteiger partial charge is 0.219 e. The molecule has 108 valence electrons. The Labute approximate surface area is 118 Å². The van der Waals surface area contributed by atoms with Crippen LogP contribution in [0.3, 0.4) is 0 Å². The molecule has 0 aromatic rings. The van der Waals surface area contributed by atoms with E-state index in [9.17, 15) is 4.79 Å². The zero-order valence-electron chi connectivity index (χ0n) is 13.2. The van der Waals surface area contributed by atoms with Gasteiger partial charge in [-0.3, -0.25) is 4.79 Å². The van der Waals surface area contributed by atoms with Crippen molar-refractivity contribution in [3.63, 3.8) is 0 Å². The van der Waals surface area contributed by atoms with Crippen molar-refractivity contribution in [1.29, 1.82) is 0 Å². The maximum absolute atomic E-state index is 11.6. The third kappa shape index (κ3) is 5.63. The molecule has 0 aromatic carbocycles. The fourth-order valence-corrected chi connectivity index (χ4v) is 2.57. The third-order valence-corrected chi connectivity index (χ3v) is 3.95. The quantitative estimate of drug-likeness (QED) is 0.681. The van der Waals surface area contributed by atoms with Crippen LogP contribution in [0.1, 0.15) is 53.9 Å². The van der Waals surface area contributed by atoms with Gasteiger partial charge in [0, 0.05) is 20.0 Å². The highest BCUT2D eigenvalue weighted by Crippen LogP contribution is 2.28. The van der Waals surface area contributed by atoms with E-state index in [4.69, 9.17) is 0 Å². The lowest BCUT2D eigenvalue weighted by molar-refractivity contribution is -0.128. The first kappa shape index (κ1) is 16.0.